The van der Waals surface area contributed by atoms with Gasteiger partial charge in [0.2, 0.25) is 0 Å². The highest BCUT2D eigenvalue weighted by molar-refractivity contribution is 6.32. The van der Waals surface area contributed by atoms with Crippen LogP contribution in [0.4, 0.5) is 27.6 Å². The SMILES string of the molecule is Cc1cc(C(F)F)cc(C(=O)NC(C)C2CC2)c1NC(=O)c1cc(C(F)(F)F)nn1-c1ccccc1Cl. The van der Waals surface area contributed by atoms with Gasteiger partial charge in [-0.15, -0.1) is 0 Å². The van der Waals surface area contributed by atoms with Crippen LogP contribution < -0.4 is 10.6 Å². The Morgan fingerprint density at radius 2 is 1.78 bits per heavy atom. The summed E-state index contributed by atoms with van der Waals surface area (Å²) in [5.41, 5.74) is -2.46. The van der Waals surface area contributed by atoms with E-state index < -0.39 is 41.4 Å². The van der Waals surface area contributed by atoms with Gasteiger partial charge in [-0.25, -0.2) is 13.5 Å². The molecule has 0 spiro atoms. The first kappa shape index (κ1) is 26.6. The Bertz CT molecular complexity index is 1350. The van der Waals surface area contributed by atoms with Gasteiger partial charge in [0.1, 0.15) is 5.69 Å². The molecule has 4 rings (SSSR count). The number of amides is 2. The van der Waals surface area contributed by atoms with E-state index in [-0.39, 0.29) is 39.5 Å². The maximum atomic E-state index is 13.5. The zero-order valence-corrected chi connectivity index (χ0v) is 20.4. The fraction of sp³-hybridized carbons (Fsp3) is 0.320. The summed E-state index contributed by atoms with van der Waals surface area (Å²) in [6.45, 7) is 3.20. The molecule has 1 atom stereocenters. The summed E-state index contributed by atoms with van der Waals surface area (Å²) in [5, 5.41) is 8.76. The standard InChI is InChI=1S/C25H22ClF5N4O2/c1-12-9-15(22(27)28)10-16(23(36)32-13(2)14-7-8-14)21(12)33-24(37)19-11-20(25(29,30)31)34-35(19)18-6-4-3-5-17(18)26/h3-6,9-11,13-14,22H,7-8H2,1-2H3,(H,32,36)(H,33,37). The Hall–Kier alpha value is -3.47. The summed E-state index contributed by atoms with van der Waals surface area (Å²) in [4.78, 5) is 26.3. The van der Waals surface area contributed by atoms with E-state index in [0.29, 0.717) is 6.07 Å². The number of carbonyl (C=O) groups excluding carboxylic acids is 2. The quantitative estimate of drug-likeness (QED) is 0.333. The van der Waals surface area contributed by atoms with Crippen LogP contribution in [-0.2, 0) is 6.18 Å². The molecule has 1 fully saturated rings. The summed E-state index contributed by atoms with van der Waals surface area (Å²) in [6, 6.07) is 8.27. The lowest BCUT2D eigenvalue weighted by molar-refractivity contribution is -0.141. The molecule has 1 aromatic heterocycles. The highest BCUT2D eigenvalue weighted by Crippen LogP contribution is 2.34. The van der Waals surface area contributed by atoms with Crippen molar-refractivity contribution in [1.29, 1.82) is 0 Å². The number of benzene rings is 2. The highest BCUT2D eigenvalue weighted by Gasteiger charge is 2.37. The number of aryl methyl sites for hydroxylation is 1. The number of alkyl halides is 5. The number of para-hydroxylation sites is 1. The van der Waals surface area contributed by atoms with Crippen LogP contribution in [0.25, 0.3) is 5.69 Å². The molecule has 196 valence electrons. The molecule has 1 aliphatic carbocycles. The van der Waals surface area contributed by atoms with Crippen LogP contribution in [0.1, 0.15) is 63.9 Å². The van der Waals surface area contributed by atoms with E-state index in [2.05, 4.69) is 15.7 Å². The molecule has 0 radical (unpaired) electrons. The van der Waals surface area contributed by atoms with Gasteiger partial charge in [0.05, 0.1) is 22.0 Å². The van der Waals surface area contributed by atoms with Crippen molar-refractivity contribution < 1.29 is 31.5 Å². The molecule has 12 heteroatoms. The molecule has 0 saturated heterocycles. The number of carbonyl (C=O) groups is 2. The Morgan fingerprint density at radius 3 is 2.38 bits per heavy atom. The van der Waals surface area contributed by atoms with Gasteiger partial charge in [0.25, 0.3) is 18.2 Å². The molecule has 2 amide bonds. The van der Waals surface area contributed by atoms with E-state index in [1.165, 1.54) is 25.1 Å². The lowest BCUT2D eigenvalue weighted by Crippen LogP contribution is -2.35. The number of hydrogen-bond acceptors (Lipinski definition) is 3. The lowest BCUT2D eigenvalue weighted by atomic mass is 10.0. The largest absolute Gasteiger partial charge is 0.435 e. The molecule has 1 heterocycles. The average Bonchev–Trinajstić information content (AvgIpc) is 3.57. The van der Waals surface area contributed by atoms with E-state index in [0.717, 1.165) is 29.7 Å². The van der Waals surface area contributed by atoms with Gasteiger partial charge in [-0.05, 0) is 62.4 Å². The van der Waals surface area contributed by atoms with Gasteiger partial charge >= 0.3 is 6.18 Å². The number of hydrogen-bond donors (Lipinski definition) is 2. The molecule has 6 nitrogen and oxygen atoms in total. The summed E-state index contributed by atoms with van der Waals surface area (Å²) in [7, 11) is 0. The molecule has 1 aliphatic rings. The van der Waals surface area contributed by atoms with Crippen LogP contribution in [0.5, 0.6) is 0 Å². The van der Waals surface area contributed by atoms with Crippen LogP contribution in [0.2, 0.25) is 5.02 Å². The van der Waals surface area contributed by atoms with Crippen LogP contribution in [0, 0.1) is 12.8 Å². The van der Waals surface area contributed by atoms with Gasteiger partial charge in [0, 0.05) is 17.7 Å². The number of anilines is 1. The smallest absolute Gasteiger partial charge is 0.349 e. The van der Waals surface area contributed by atoms with E-state index in [1.807, 2.05) is 0 Å². The molecule has 3 aromatic rings. The summed E-state index contributed by atoms with van der Waals surface area (Å²) in [6.07, 6.45) is -5.89. The number of aromatic nitrogens is 2. The fourth-order valence-electron chi connectivity index (χ4n) is 3.95. The van der Waals surface area contributed by atoms with Gasteiger partial charge in [-0.1, -0.05) is 23.7 Å². The molecule has 0 aliphatic heterocycles. The van der Waals surface area contributed by atoms with Crippen LogP contribution >= 0.6 is 11.6 Å². The lowest BCUT2D eigenvalue weighted by Gasteiger charge is -2.19. The maximum absolute atomic E-state index is 13.5. The second-order valence-corrected chi connectivity index (χ2v) is 9.30. The zero-order chi connectivity index (χ0) is 27.1. The van der Waals surface area contributed by atoms with Crippen molar-refractivity contribution in [2.24, 2.45) is 5.92 Å². The first-order valence-electron chi connectivity index (χ1n) is 11.3. The van der Waals surface area contributed by atoms with E-state index >= 15 is 0 Å². The molecule has 2 N–H and O–H groups in total. The number of halogens is 6. The van der Waals surface area contributed by atoms with Crippen LogP contribution in [0.15, 0.2) is 42.5 Å². The van der Waals surface area contributed by atoms with Crippen LogP contribution in [0.3, 0.4) is 0 Å². The van der Waals surface area contributed by atoms with Gasteiger partial charge in [-0.2, -0.15) is 18.3 Å². The van der Waals surface area contributed by atoms with Crippen molar-refractivity contribution >= 4 is 29.1 Å². The van der Waals surface area contributed by atoms with Crippen molar-refractivity contribution in [1.82, 2.24) is 15.1 Å². The minimum atomic E-state index is -4.86. The number of nitrogens with one attached hydrogen (secondary N) is 2. The second kappa shape index (κ2) is 10.1. The number of rotatable bonds is 7. The Balaban J connectivity index is 1.76. The van der Waals surface area contributed by atoms with Crippen molar-refractivity contribution in [3.05, 3.63) is 75.6 Å². The first-order valence-corrected chi connectivity index (χ1v) is 11.7. The highest BCUT2D eigenvalue weighted by atomic mass is 35.5. The van der Waals surface area contributed by atoms with Crippen LogP contribution in [-0.4, -0.2) is 27.6 Å². The molecular weight excluding hydrogens is 519 g/mol. The Morgan fingerprint density at radius 1 is 1.11 bits per heavy atom. The monoisotopic (exact) mass is 540 g/mol. The Labute approximate surface area is 213 Å². The Kier molecular flexibility index (Phi) is 7.27. The van der Waals surface area contributed by atoms with E-state index in [4.69, 9.17) is 11.6 Å². The third-order valence-corrected chi connectivity index (χ3v) is 6.41. The van der Waals surface area contributed by atoms with Crippen molar-refractivity contribution in [2.45, 2.75) is 45.3 Å². The van der Waals surface area contributed by atoms with Gasteiger partial charge in [-0.3, -0.25) is 9.59 Å². The van der Waals surface area contributed by atoms with Crippen molar-refractivity contribution in [3.63, 3.8) is 0 Å². The third-order valence-electron chi connectivity index (χ3n) is 6.09. The molecule has 1 saturated carbocycles. The predicted molar refractivity (Wildman–Crippen MR) is 127 cm³/mol. The number of nitrogens with zero attached hydrogens (tertiary/aromatic N) is 2. The second-order valence-electron chi connectivity index (χ2n) is 8.89. The third kappa shape index (κ3) is 5.76. The van der Waals surface area contributed by atoms with Gasteiger partial charge < -0.3 is 10.6 Å². The van der Waals surface area contributed by atoms with Crippen molar-refractivity contribution in [3.8, 4) is 5.69 Å². The first-order chi connectivity index (χ1) is 17.4. The van der Waals surface area contributed by atoms with Crippen molar-refractivity contribution in [2.75, 3.05) is 5.32 Å². The van der Waals surface area contributed by atoms with Gasteiger partial charge in [0.15, 0.2) is 5.69 Å². The average molecular weight is 541 g/mol. The maximum Gasteiger partial charge on any atom is 0.435 e. The molecular formula is C25H22ClF5N4O2. The zero-order valence-electron chi connectivity index (χ0n) is 19.7. The minimum absolute atomic E-state index is 0.0193. The summed E-state index contributed by atoms with van der Waals surface area (Å²) < 4.78 is 68.1. The molecule has 0 bridgehead atoms. The summed E-state index contributed by atoms with van der Waals surface area (Å²) in [5.74, 6) is -1.46. The molecule has 1 unspecified atom stereocenters. The molecule has 2 aromatic carbocycles. The van der Waals surface area contributed by atoms with E-state index in [9.17, 15) is 31.5 Å². The predicted octanol–water partition coefficient (Wildman–Crippen LogP) is 6.57. The fourth-order valence-corrected chi connectivity index (χ4v) is 4.17. The van der Waals surface area contributed by atoms with E-state index in [1.54, 1.807) is 13.0 Å². The summed E-state index contributed by atoms with van der Waals surface area (Å²) >= 11 is 6.14. The normalized spacial score (nSPS) is 14.5. The minimum Gasteiger partial charge on any atom is -0.349 e. The topological polar surface area (TPSA) is 76.0 Å². The molecule has 37 heavy (non-hydrogen) atoms.